The van der Waals surface area contributed by atoms with E-state index < -0.39 is 41.7 Å². The van der Waals surface area contributed by atoms with Gasteiger partial charge in [-0.15, -0.1) is 10.2 Å². The topological polar surface area (TPSA) is 358 Å². The Morgan fingerprint density at radius 1 is 0.631 bits per heavy atom. The number of nitrogens with zero attached hydrogens (tertiary/aromatic N) is 8. The third kappa shape index (κ3) is 24.3. The number of nitrogens with one attached hydrogen (secondary N) is 2. The van der Waals surface area contributed by atoms with Crippen molar-refractivity contribution in [1.29, 1.82) is 0 Å². The Morgan fingerprint density at radius 2 is 1.14 bits per heavy atom. The van der Waals surface area contributed by atoms with Crippen LogP contribution < -0.4 is 15.4 Å². The number of likely N-dealkylation sites (tertiary alicyclic amines) is 1. The number of aromatic nitrogens is 3. The van der Waals surface area contributed by atoms with Gasteiger partial charge in [0.2, 0.25) is 17.6 Å². The van der Waals surface area contributed by atoms with Gasteiger partial charge in [0.05, 0.1) is 84.5 Å². The summed E-state index contributed by atoms with van der Waals surface area (Å²) < 4.78 is 30.1. The summed E-state index contributed by atoms with van der Waals surface area (Å²) in [7, 11) is 0. The van der Waals surface area contributed by atoms with Gasteiger partial charge in [-0.05, 0) is 55.2 Å². The Hall–Kier alpha value is -5.82. The molecule has 2 saturated heterocycles. The van der Waals surface area contributed by atoms with Gasteiger partial charge in [0, 0.05) is 146 Å². The van der Waals surface area contributed by atoms with Crippen LogP contribution in [-0.4, -0.2) is 275 Å². The van der Waals surface area contributed by atoms with Gasteiger partial charge < -0.3 is 69.9 Å². The first kappa shape index (κ1) is 70.7. The molecule has 2 aliphatic heterocycles. The van der Waals surface area contributed by atoms with Crippen molar-refractivity contribution in [3.63, 3.8) is 0 Å². The van der Waals surface area contributed by atoms with Crippen LogP contribution in [0, 0.1) is 36.9 Å². The largest absolute Gasteiger partial charge is 0.508 e. The van der Waals surface area contributed by atoms with Gasteiger partial charge in [-0.2, -0.15) is 0 Å². The molecule has 1 aromatic heterocycles. The summed E-state index contributed by atoms with van der Waals surface area (Å²) in [5.41, 5.74) is 1.46. The fourth-order valence-corrected chi connectivity index (χ4v) is 9.49. The number of aliphatic carboxylic acids is 4. The number of phenols is 2. The van der Waals surface area contributed by atoms with Crippen LogP contribution in [0.2, 0.25) is 0 Å². The quantitative estimate of drug-likeness (QED) is 0.0392. The molecule has 84 heavy (non-hydrogen) atoms. The van der Waals surface area contributed by atoms with Gasteiger partial charge in [-0.1, -0.05) is 13.8 Å². The number of carboxylic acid groups (broad SMARTS) is 4. The minimum atomic E-state index is -1.19. The molecule has 2 aromatic carbocycles. The number of phenolic OH excluding ortho intramolecular Hbond substituents is 2. The average Bonchev–Trinajstić information content (AvgIpc) is 2.34. The van der Waals surface area contributed by atoms with E-state index in [4.69, 9.17) is 23.7 Å². The van der Waals surface area contributed by atoms with Gasteiger partial charge in [-0.25, -0.2) is 0 Å². The minimum Gasteiger partial charge on any atom is -0.508 e. The van der Waals surface area contributed by atoms with Crippen molar-refractivity contribution in [2.45, 2.75) is 70.9 Å². The predicted octanol–water partition coefficient (Wildman–Crippen LogP) is 0.870. The number of hydrogen-bond acceptors (Lipinski definition) is 20. The number of carboxylic acids is 4. The Bertz CT molecular complexity index is 2540. The first-order chi connectivity index (χ1) is 39.8. The van der Waals surface area contributed by atoms with Crippen LogP contribution in [0.1, 0.15) is 75.0 Å². The van der Waals surface area contributed by atoms with Crippen molar-refractivity contribution < 1.29 is 125 Å². The van der Waals surface area contributed by atoms with E-state index in [2.05, 4.69) is 20.8 Å². The first-order valence-corrected chi connectivity index (χ1v) is 28.0. The molecule has 8 N–H and O–H groups in total. The number of amides is 3. The smallest absolute Gasteiger partial charge is 0.320 e. The maximum absolute atomic E-state index is 13.1. The van der Waals surface area contributed by atoms with Crippen molar-refractivity contribution in [2.24, 2.45) is 0 Å². The van der Waals surface area contributed by atoms with Gasteiger partial charge in [0.15, 0.2) is 5.82 Å². The van der Waals surface area contributed by atoms with Crippen molar-refractivity contribution in [3.8, 4) is 34.3 Å². The molecule has 2 aliphatic rings. The predicted molar refractivity (Wildman–Crippen MR) is 298 cm³/mol. The maximum atomic E-state index is 13.1. The number of aromatic hydroxyl groups is 2. The van der Waals surface area contributed by atoms with Crippen LogP contribution in [0.15, 0.2) is 36.4 Å². The SMILES string of the molecule is CCNC(=O)c1nnc(-c2cc(C(C)C)c(O)cc2O)n1-c1ccc(OC2CCN(C(=O)CCOCCOCCOCCOCCNC(=O)CC[C@@H](C(=O)O)N3CCN(CC(=O)O)CCN(CC(=O)O)CCN(CC(=O)O)CC3)CC2)cc1.[Lu]. The van der Waals surface area contributed by atoms with E-state index in [1.807, 2.05) is 13.8 Å². The third-order valence-electron chi connectivity index (χ3n) is 13.9. The second-order valence-corrected chi connectivity index (χ2v) is 20.3. The summed E-state index contributed by atoms with van der Waals surface area (Å²) in [6.07, 6.45) is 1.18. The molecule has 29 heteroatoms. The number of hydrogen-bond donors (Lipinski definition) is 8. The van der Waals surface area contributed by atoms with Crippen molar-refractivity contribution in [3.05, 3.63) is 47.8 Å². The standard InChI is InChI=1S/C55H82N10O18.Lu/c1-4-56-54(76)53-59-58-52(43-33-42(38(2)3)45(66)34-46(43)67)65(53)39-5-7-40(8-6-39)83-41-11-15-64(16-12-41)48(69)13-25-79-27-29-81-31-32-82-30-28-80-26-14-57-47(68)10-9-44(55(77)78)63-23-21-61(36-50(72)73)19-17-60(35-49(70)71)18-20-62(22-24-63)37-51(74)75;/h5-8,33-34,38,41,44,66-67H,4,9-32,35-37H2,1-3H3,(H,56,76)(H,57,68)(H,70,71)(H,72,73)(H,74,75)(H,77,78);/t44-;/m0./s1. The summed E-state index contributed by atoms with van der Waals surface area (Å²) in [4.78, 5) is 94.2. The number of carbonyl (C=O) groups is 7. The number of benzene rings is 2. The van der Waals surface area contributed by atoms with E-state index in [1.165, 1.54) is 6.07 Å². The summed E-state index contributed by atoms with van der Waals surface area (Å²) in [6, 6.07) is 8.88. The molecule has 3 amide bonds. The van der Waals surface area contributed by atoms with Gasteiger partial charge in [0.1, 0.15) is 29.4 Å². The second-order valence-electron chi connectivity index (χ2n) is 20.3. The zero-order valence-corrected chi connectivity index (χ0v) is 49.6. The molecular formula is C55H82LuN10O18. The maximum Gasteiger partial charge on any atom is 0.320 e. The fourth-order valence-electron chi connectivity index (χ4n) is 9.49. The average molecular weight is 1350 g/mol. The number of ether oxygens (including phenoxy) is 5. The summed E-state index contributed by atoms with van der Waals surface area (Å²) in [6.45, 7) is 9.67. The molecular weight excluding hydrogens is 1260 g/mol. The van der Waals surface area contributed by atoms with Crippen LogP contribution in [0.5, 0.6) is 17.2 Å². The van der Waals surface area contributed by atoms with Gasteiger partial charge >= 0.3 is 23.9 Å². The Morgan fingerprint density at radius 3 is 1.64 bits per heavy atom. The molecule has 0 saturated carbocycles. The molecule has 28 nitrogen and oxygen atoms in total. The number of carbonyl (C=O) groups excluding carboxylic acids is 3. The first-order valence-electron chi connectivity index (χ1n) is 28.0. The van der Waals surface area contributed by atoms with Crippen molar-refractivity contribution >= 4 is 41.6 Å². The zero-order valence-electron chi connectivity index (χ0n) is 47.9. The van der Waals surface area contributed by atoms with E-state index in [-0.39, 0.29) is 202 Å². The van der Waals surface area contributed by atoms with Crippen LogP contribution in [0.4, 0.5) is 0 Å². The molecule has 0 unspecified atom stereocenters. The van der Waals surface area contributed by atoms with Crippen molar-refractivity contribution in [2.75, 3.05) is 151 Å². The van der Waals surface area contributed by atoms with E-state index >= 15 is 0 Å². The molecule has 0 spiro atoms. The fraction of sp³-hybridized carbons (Fsp3) is 0.618. The monoisotopic (exact) mass is 1350 g/mol. The number of piperidine rings is 1. The second kappa shape index (κ2) is 37.6. The normalized spacial score (nSPS) is 15.8. The molecule has 0 bridgehead atoms. The van der Waals surface area contributed by atoms with Crippen LogP contribution >= 0.6 is 0 Å². The molecule has 1 radical (unpaired) electrons. The minimum absolute atomic E-state index is 0. The zero-order chi connectivity index (χ0) is 60.3. The van der Waals surface area contributed by atoms with E-state index in [0.717, 1.165) is 0 Å². The van der Waals surface area contributed by atoms with Gasteiger partial charge in [0.25, 0.3) is 5.91 Å². The van der Waals surface area contributed by atoms with Gasteiger partial charge in [-0.3, -0.25) is 57.7 Å². The van der Waals surface area contributed by atoms with Crippen LogP contribution in [0.25, 0.3) is 17.1 Å². The van der Waals surface area contributed by atoms with Crippen LogP contribution in [-0.2, 0) is 47.7 Å². The Labute approximate surface area is 517 Å². The molecule has 2 fully saturated rings. The van der Waals surface area contributed by atoms with E-state index in [1.54, 1.807) is 66.3 Å². The molecule has 5 rings (SSSR count). The molecule has 0 aliphatic carbocycles. The molecule has 1 atom stereocenters. The molecule has 3 aromatic rings. The Kier molecular flexibility index (Phi) is 31.6. The molecule has 475 valence electrons. The molecule has 3 heterocycles. The van der Waals surface area contributed by atoms with Crippen LogP contribution in [0.3, 0.4) is 0 Å². The van der Waals surface area contributed by atoms with E-state index in [0.29, 0.717) is 81.5 Å². The van der Waals surface area contributed by atoms with Crippen molar-refractivity contribution in [1.82, 2.24) is 49.9 Å². The summed E-state index contributed by atoms with van der Waals surface area (Å²) in [5, 5.41) is 73.8. The van der Waals surface area contributed by atoms with E-state index in [9.17, 15) is 64.2 Å². The summed E-state index contributed by atoms with van der Waals surface area (Å²) >= 11 is 0. The Balaban J connectivity index is 0.0000151. The summed E-state index contributed by atoms with van der Waals surface area (Å²) in [5.74, 6) is -4.79. The third-order valence-corrected chi connectivity index (χ3v) is 13.9. The number of rotatable bonds is 33.